The zero-order valence-electron chi connectivity index (χ0n) is 23.0. The maximum atomic E-state index is 12.3. The van der Waals surface area contributed by atoms with E-state index in [0.717, 1.165) is 46.9 Å². The molecule has 40 heavy (non-hydrogen) atoms. The molecule has 0 saturated carbocycles. The highest BCUT2D eigenvalue weighted by atomic mass is 16.5. The second kappa shape index (κ2) is 10.7. The van der Waals surface area contributed by atoms with E-state index in [1.807, 2.05) is 41.3 Å². The summed E-state index contributed by atoms with van der Waals surface area (Å²) < 4.78 is 6.20. The molecule has 0 unspecified atom stereocenters. The van der Waals surface area contributed by atoms with Gasteiger partial charge >= 0.3 is 6.01 Å². The van der Waals surface area contributed by atoms with E-state index in [2.05, 4.69) is 30.4 Å². The first kappa shape index (κ1) is 26.0. The fourth-order valence-electron chi connectivity index (χ4n) is 5.88. The van der Waals surface area contributed by atoms with Crippen molar-refractivity contribution in [3.63, 3.8) is 0 Å². The van der Waals surface area contributed by atoms with E-state index in [9.17, 15) is 9.90 Å². The molecule has 6 rings (SSSR count). The third-order valence-electron chi connectivity index (χ3n) is 8.10. The van der Waals surface area contributed by atoms with E-state index in [1.165, 1.54) is 6.08 Å². The smallest absolute Gasteiger partial charge is 0.320 e. The maximum Gasteiger partial charge on any atom is 0.320 e. The van der Waals surface area contributed by atoms with Gasteiger partial charge in [-0.3, -0.25) is 4.79 Å². The number of pyridine rings is 1. The lowest BCUT2D eigenvalue weighted by Gasteiger charge is -2.40. The molecule has 2 saturated heterocycles. The number of likely N-dealkylation sites (tertiary alicyclic amines) is 1. The molecular formula is C31H34N6O3. The molecule has 2 fully saturated rings. The Hall–Kier alpha value is -4.24. The molecule has 9 heteroatoms. The highest BCUT2D eigenvalue weighted by Crippen LogP contribution is 2.35. The number of anilines is 1. The highest BCUT2D eigenvalue weighted by molar-refractivity contribution is 5.98. The van der Waals surface area contributed by atoms with E-state index in [4.69, 9.17) is 19.7 Å². The summed E-state index contributed by atoms with van der Waals surface area (Å²) in [5.74, 6) is 0.871. The molecular weight excluding hydrogens is 504 g/mol. The van der Waals surface area contributed by atoms with E-state index in [1.54, 1.807) is 12.1 Å². The van der Waals surface area contributed by atoms with Crippen molar-refractivity contribution >= 4 is 33.5 Å². The number of fused-ring (bicyclic) bond motifs is 2. The molecule has 4 heterocycles. The number of phenolic OH excluding ortho intramolecular Hbond substituents is 1. The van der Waals surface area contributed by atoms with Crippen molar-refractivity contribution in [1.82, 2.24) is 24.8 Å². The van der Waals surface area contributed by atoms with Crippen LogP contribution in [0.25, 0.3) is 33.1 Å². The lowest BCUT2D eigenvalue weighted by molar-refractivity contribution is -0.126. The largest absolute Gasteiger partial charge is 0.508 e. The number of amides is 1. The normalized spacial score (nSPS) is 19.9. The fourth-order valence-corrected chi connectivity index (χ4v) is 5.88. The van der Waals surface area contributed by atoms with Crippen molar-refractivity contribution in [3.05, 3.63) is 61.2 Å². The fraction of sp³-hybridized carbons (Fsp3) is 0.355. The zero-order valence-corrected chi connectivity index (χ0v) is 23.0. The van der Waals surface area contributed by atoms with Crippen molar-refractivity contribution in [1.29, 1.82) is 0 Å². The van der Waals surface area contributed by atoms with Gasteiger partial charge in [-0.25, -0.2) is 4.98 Å². The number of carbonyl (C=O) groups excluding carboxylic acids is 1. The molecule has 1 N–H and O–H groups in total. The van der Waals surface area contributed by atoms with Gasteiger partial charge in [0.1, 0.15) is 18.2 Å². The molecule has 2 aromatic heterocycles. The topological polar surface area (TPSA) is 94.9 Å². The van der Waals surface area contributed by atoms with Crippen LogP contribution < -0.4 is 9.64 Å². The van der Waals surface area contributed by atoms with Gasteiger partial charge < -0.3 is 24.5 Å². The molecule has 0 aliphatic carbocycles. The summed E-state index contributed by atoms with van der Waals surface area (Å²) in [6.07, 6.45) is 3.60. The van der Waals surface area contributed by atoms with Crippen LogP contribution in [0.15, 0.2) is 61.2 Å². The monoisotopic (exact) mass is 538 g/mol. The Bertz CT molecular complexity index is 1590. The SMILES string of the molecule is C=CC(=O)N1CCN(c2nc(OC[C@@H]3CCCN3C)nc3nc(-c4cc(O)cc5ccccc45)ccc23)[C@H](C)C1. The predicted octanol–water partition coefficient (Wildman–Crippen LogP) is 4.25. The third-order valence-corrected chi connectivity index (χ3v) is 8.10. The van der Waals surface area contributed by atoms with Crippen molar-refractivity contribution in [2.45, 2.75) is 31.8 Å². The van der Waals surface area contributed by atoms with Gasteiger partial charge in [-0.05, 0) is 74.5 Å². The Morgan fingerprint density at radius 3 is 2.73 bits per heavy atom. The summed E-state index contributed by atoms with van der Waals surface area (Å²) in [4.78, 5) is 33.2. The molecule has 2 aliphatic heterocycles. The number of piperazine rings is 1. The maximum absolute atomic E-state index is 12.3. The number of aromatic hydroxyl groups is 1. The van der Waals surface area contributed by atoms with E-state index in [0.29, 0.717) is 49.6 Å². The Kier molecular flexibility index (Phi) is 6.98. The summed E-state index contributed by atoms with van der Waals surface area (Å²) in [7, 11) is 2.12. The van der Waals surface area contributed by atoms with Gasteiger partial charge in [-0.1, -0.05) is 30.8 Å². The van der Waals surface area contributed by atoms with Gasteiger partial charge in [-0.15, -0.1) is 0 Å². The number of carbonyl (C=O) groups is 1. The summed E-state index contributed by atoms with van der Waals surface area (Å²) in [5.41, 5.74) is 2.07. The minimum atomic E-state index is -0.0617. The van der Waals surface area contributed by atoms with E-state index in [-0.39, 0.29) is 17.7 Å². The molecule has 1 amide bonds. The summed E-state index contributed by atoms with van der Waals surface area (Å²) >= 11 is 0. The van der Waals surface area contributed by atoms with Gasteiger partial charge in [0, 0.05) is 37.3 Å². The summed E-state index contributed by atoms with van der Waals surface area (Å²) in [6, 6.07) is 16.0. The van der Waals surface area contributed by atoms with E-state index >= 15 is 0 Å². The van der Waals surface area contributed by atoms with Crippen LogP contribution in [0, 0.1) is 0 Å². The predicted molar refractivity (Wildman–Crippen MR) is 157 cm³/mol. The molecule has 0 spiro atoms. The van der Waals surface area contributed by atoms with Gasteiger partial charge in [0.05, 0.1) is 11.1 Å². The Balaban J connectivity index is 1.42. The van der Waals surface area contributed by atoms with Crippen LogP contribution in [0.2, 0.25) is 0 Å². The minimum absolute atomic E-state index is 0.0271. The number of likely N-dealkylation sites (N-methyl/N-ethyl adjacent to an activating group) is 1. The average Bonchev–Trinajstić information content (AvgIpc) is 3.38. The van der Waals surface area contributed by atoms with Crippen LogP contribution in [0.4, 0.5) is 5.82 Å². The average molecular weight is 539 g/mol. The van der Waals surface area contributed by atoms with Crippen LogP contribution in [0.1, 0.15) is 19.8 Å². The molecule has 0 bridgehead atoms. The number of rotatable bonds is 6. The molecule has 2 atom stereocenters. The highest BCUT2D eigenvalue weighted by Gasteiger charge is 2.29. The second-order valence-corrected chi connectivity index (χ2v) is 10.7. The van der Waals surface area contributed by atoms with Crippen molar-refractivity contribution < 1.29 is 14.6 Å². The van der Waals surface area contributed by atoms with Crippen molar-refractivity contribution in [2.24, 2.45) is 0 Å². The number of aromatic nitrogens is 3. The minimum Gasteiger partial charge on any atom is -0.508 e. The number of hydrogen-bond donors (Lipinski definition) is 1. The standard InChI is InChI=1S/C31H34N6O3/c1-4-28(39)36-14-15-37(20(2)18-36)30-25-11-12-27(26-17-23(38)16-21-8-5-6-10-24(21)26)32-29(25)33-31(34-30)40-19-22-9-7-13-35(22)3/h4-6,8,10-12,16-17,20,22,38H,1,7,9,13-15,18-19H2,2-3H3/t20-,22+/m1/s1. The molecule has 206 valence electrons. The summed E-state index contributed by atoms with van der Waals surface area (Å²) in [6.45, 7) is 9.06. The van der Waals surface area contributed by atoms with Crippen LogP contribution >= 0.6 is 0 Å². The first-order valence-electron chi connectivity index (χ1n) is 13.8. The number of ether oxygens (including phenoxy) is 1. The van der Waals surface area contributed by atoms with Crippen LogP contribution in [-0.4, -0.2) is 87.7 Å². The Morgan fingerprint density at radius 1 is 1.10 bits per heavy atom. The Labute approximate surface area is 233 Å². The molecule has 0 radical (unpaired) electrons. The molecule has 4 aromatic rings. The first-order chi connectivity index (χ1) is 19.4. The number of phenols is 1. The number of benzene rings is 2. The molecule has 9 nitrogen and oxygen atoms in total. The quantitative estimate of drug-likeness (QED) is 0.364. The van der Waals surface area contributed by atoms with Crippen molar-refractivity contribution in [3.8, 4) is 23.0 Å². The van der Waals surface area contributed by atoms with Gasteiger partial charge in [0.25, 0.3) is 0 Å². The lowest BCUT2D eigenvalue weighted by Crippen LogP contribution is -2.53. The zero-order chi connectivity index (χ0) is 27.8. The van der Waals surface area contributed by atoms with Gasteiger partial charge in [0.2, 0.25) is 5.91 Å². The molecule has 2 aliphatic rings. The van der Waals surface area contributed by atoms with Crippen LogP contribution in [0.3, 0.4) is 0 Å². The van der Waals surface area contributed by atoms with Crippen LogP contribution in [-0.2, 0) is 4.79 Å². The number of nitrogens with zero attached hydrogens (tertiary/aromatic N) is 6. The van der Waals surface area contributed by atoms with Gasteiger partial charge in [-0.2, -0.15) is 9.97 Å². The summed E-state index contributed by atoms with van der Waals surface area (Å²) in [5, 5.41) is 13.2. The first-order valence-corrected chi connectivity index (χ1v) is 13.8. The number of hydrogen-bond acceptors (Lipinski definition) is 8. The Morgan fingerprint density at radius 2 is 1.95 bits per heavy atom. The van der Waals surface area contributed by atoms with Crippen LogP contribution in [0.5, 0.6) is 11.8 Å². The third kappa shape index (κ3) is 4.93. The van der Waals surface area contributed by atoms with Gasteiger partial charge in [0.15, 0.2) is 5.65 Å². The molecule has 2 aromatic carbocycles. The van der Waals surface area contributed by atoms with E-state index < -0.39 is 0 Å². The lowest BCUT2D eigenvalue weighted by atomic mass is 10.0. The second-order valence-electron chi connectivity index (χ2n) is 10.7. The van der Waals surface area contributed by atoms with Crippen molar-refractivity contribution in [2.75, 3.05) is 44.7 Å².